The molecule has 0 fully saturated rings. The van der Waals surface area contributed by atoms with E-state index < -0.39 is 5.97 Å². The van der Waals surface area contributed by atoms with Crippen LogP contribution in [0.5, 0.6) is 0 Å². The van der Waals surface area contributed by atoms with E-state index in [1.807, 2.05) is 24.3 Å². The van der Waals surface area contributed by atoms with Crippen LogP contribution in [0.2, 0.25) is 0 Å². The number of carboxylic acids is 1. The predicted molar refractivity (Wildman–Crippen MR) is 84.9 cm³/mol. The van der Waals surface area contributed by atoms with Crippen LogP contribution < -0.4 is 9.80 Å². The van der Waals surface area contributed by atoms with Crippen LogP contribution >= 0.6 is 0 Å². The van der Waals surface area contributed by atoms with Crippen LogP contribution in [0.4, 0.5) is 11.4 Å². The van der Waals surface area contributed by atoms with E-state index in [2.05, 4.69) is 18.7 Å². The Balaban J connectivity index is 2.92. The van der Waals surface area contributed by atoms with Crippen molar-refractivity contribution < 1.29 is 14.7 Å². The number of anilines is 2. The molecule has 21 heavy (non-hydrogen) atoms. The first kappa shape index (κ1) is 17.0. The lowest BCUT2D eigenvalue weighted by Crippen LogP contribution is -2.32. The molecule has 0 saturated heterocycles. The Hall–Kier alpha value is -2.04. The maximum Gasteiger partial charge on any atom is 0.305 e. The highest BCUT2D eigenvalue weighted by atomic mass is 16.4. The third-order valence-electron chi connectivity index (χ3n) is 3.44. The molecule has 1 aromatic rings. The van der Waals surface area contributed by atoms with Crippen LogP contribution in [-0.2, 0) is 9.59 Å². The highest BCUT2D eigenvalue weighted by Crippen LogP contribution is 2.21. The van der Waals surface area contributed by atoms with Gasteiger partial charge in [0.15, 0.2) is 0 Å². The zero-order chi connectivity index (χ0) is 15.8. The Kier molecular flexibility index (Phi) is 6.72. The quantitative estimate of drug-likeness (QED) is 0.800. The second-order valence-corrected chi connectivity index (χ2v) is 4.73. The van der Waals surface area contributed by atoms with Gasteiger partial charge in [-0.15, -0.1) is 0 Å². The molecule has 0 spiro atoms. The zero-order valence-electron chi connectivity index (χ0n) is 13.0. The molecule has 0 radical (unpaired) electrons. The van der Waals surface area contributed by atoms with Gasteiger partial charge in [-0.3, -0.25) is 9.59 Å². The molecule has 0 saturated carbocycles. The molecular formula is C16H24N2O3. The topological polar surface area (TPSA) is 60.9 Å². The number of rotatable bonds is 8. The molecule has 0 unspecified atom stereocenters. The molecule has 0 bridgehead atoms. The number of amides is 1. The Bertz CT molecular complexity index is 467. The van der Waals surface area contributed by atoms with E-state index in [-0.39, 0.29) is 18.9 Å². The van der Waals surface area contributed by atoms with Gasteiger partial charge < -0.3 is 14.9 Å². The van der Waals surface area contributed by atoms with Crippen molar-refractivity contribution in [3.63, 3.8) is 0 Å². The molecule has 0 aliphatic carbocycles. The van der Waals surface area contributed by atoms with Gasteiger partial charge >= 0.3 is 5.97 Å². The standard InChI is InChI=1S/C16H24N2O3/c1-4-15(19)18(12-11-16(20)21)14-9-7-13(8-10-14)17(5-2)6-3/h7-10H,4-6,11-12H2,1-3H3,(H,20,21). The highest BCUT2D eigenvalue weighted by molar-refractivity contribution is 5.93. The fraction of sp³-hybridized carbons (Fsp3) is 0.500. The van der Waals surface area contributed by atoms with Crippen molar-refractivity contribution in [2.24, 2.45) is 0 Å². The SMILES string of the molecule is CCC(=O)N(CCC(=O)O)c1ccc(N(CC)CC)cc1. The minimum Gasteiger partial charge on any atom is -0.481 e. The summed E-state index contributed by atoms with van der Waals surface area (Å²) >= 11 is 0. The van der Waals surface area contributed by atoms with Crippen molar-refractivity contribution in [1.29, 1.82) is 0 Å². The van der Waals surface area contributed by atoms with Gasteiger partial charge in [-0.2, -0.15) is 0 Å². The lowest BCUT2D eigenvalue weighted by Gasteiger charge is -2.24. The van der Waals surface area contributed by atoms with Crippen molar-refractivity contribution in [3.05, 3.63) is 24.3 Å². The van der Waals surface area contributed by atoms with Gasteiger partial charge in [0, 0.05) is 37.4 Å². The second kappa shape index (κ2) is 8.29. The Morgan fingerprint density at radius 3 is 1.95 bits per heavy atom. The van der Waals surface area contributed by atoms with Gasteiger partial charge in [-0.1, -0.05) is 6.92 Å². The number of hydrogen-bond acceptors (Lipinski definition) is 3. The van der Waals surface area contributed by atoms with Crippen molar-refractivity contribution >= 4 is 23.3 Å². The van der Waals surface area contributed by atoms with Crippen LogP contribution in [0.1, 0.15) is 33.6 Å². The molecule has 0 aromatic heterocycles. The predicted octanol–water partition coefficient (Wildman–Crippen LogP) is 2.75. The van der Waals surface area contributed by atoms with Crippen molar-refractivity contribution in [3.8, 4) is 0 Å². The van der Waals surface area contributed by atoms with Crippen LogP contribution in [-0.4, -0.2) is 36.6 Å². The molecule has 0 heterocycles. The van der Waals surface area contributed by atoms with Gasteiger partial charge in [0.2, 0.25) is 5.91 Å². The zero-order valence-corrected chi connectivity index (χ0v) is 13.0. The largest absolute Gasteiger partial charge is 0.481 e. The van der Waals surface area contributed by atoms with Gasteiger partial charge in [-0.05, 0) is 38.1 Å². The summed E-state index contributed by atoms with van der Waals surface area (Å²) in [6, 6.07) is 7.70. The van der Waals surface area contributed by atoms with Gasteiger partial charge in [0.25, 0.3) is 0 Å². The molecular weight excluding hydrogens is 268 g/mol. The number of carbonyl (C=O) groups excluding carboxylic acids is 1. The van der Waals surface area contributed by atoms with E-state index >= 15 is 0 Å². The van der Waals surface area contributed by atoms with Crippen LogP contribution in [0.25, 0.3) is 0 Å². The number of carbonyl (C=O) groups is 2. The smallest absolute Gasteiger partial charge is 0.305 e. The summed E-state index contributed by atoms with van der Waals surface area (Å²) in [5.74, 6) is -0.962. The van der Waals surface area contributed by atoms with E-state index in [1.54, 1.807) is 11.8 Å². The first-order chi connectivity index (χ1) is 10.0. The van der Waals surface area contributed by atoms with Crippen molar-refractivity contribution in [2.45, 2.75) is 33.6 Å². The van der Waals surface area contributed by atoms with Crippen LogP contribution in [0.15, 0.2) is 24.3 Å². The Morgan fingerprint density at radius 1 is 1.00 bits per heavy atom. The molecule has 0 aliphatic heterocycles. The average molecular weight is 292 g/mol. The number of hydrogen-bond donors (Lipinski definition) is 1. The molecule has 0 aliphatic rings. The van der Waals surface area contributed by atoms with E-state index in [1.165, 1.54) is 0 Å². The molecule has 1 rings (SSSR count). The first-order valence-corrected chi connectivity index (χ1v) is 7.40. The molecule has 5 heteroatoms. The number of carboxylic acid groups (broad SMARTS) is 1. The van der Waals surface area contributed by atoms with E-state index in [0.717, 1.165) is 24.5 Å². The van der Waals surface area contributed by atoms with Gasteiger partial charge in [-0.25, -0.2) is 0 Å². The monoisotopic (exact) mass is 292 g/mol. The number of nitrogens with zero attached hydrogens (tertiary/aromatic N) is 2. The summed E-state index contributed by atoms with van der Waals surface area (Å²) in [6.45, 7) is 8.01. The van der Waals surface area contributed by atoms with Crippen molar-refractivity contribution in [2.75, 3.05) is 29.4 Å². The Morgan fingerprint density at radius 2 is 1.52 bits per heavy atom. The second-order valence-electron chi connectivity index (χ2n) is 4.73. The minimum absolute atomic E-state index is 0.0520. The summed E-state index contributed by atoms with van der Waals surface area (Å²) in [6.07, 6.45) is 0.306. The van der Waals surface area contributed by atoms with Gasteiger partial charge in [0.05, 0.1) is 6.42 Å². The minimum atomic E-state index is -0.899. The maximum atomic E-state index is 12.0. The summed E-state index contributed by atoms with van der Waals surface area (Å²) in [5.41, 5.74) is 1.85. The van der Waals surface area contributed by atoms with Gasteiger partial charge in [0.1, 0.15) is 0 Å². The van der Waals surface area contributed by atoms with E-state index in [9.17, 15) is 9.59 Å². The maximum absolute atomic E-state index is 12.0. The lowest BCUT2D eigenvalue weighted by atomic mass is 10.2. The molecule has 1 aromatic carbocycles. The lowest BCUT2D eigenvalue weighted by molar-refractivity contribution is -0.136. The highest BCUT2D eigenvalue weighted by Gasteiger charge is 2.15. The third-order valence-corrected chi connectivity index (χ3v) is 3.44. The normalized spacial score (nSPS) is 10.2. The molecule has 0 atom stereocenters. The number of benzene rings is 1. The third kappa shape index (κ3) is 4.77. The summed E-state index contributed by atoms with van der Waals surface area (Å²) in [5, 5.41) is 8.80. The number of aliphatic carboxylic acids is 1. The molecule has 1 N–H and O–H groups in total. The van der Waals surface area contributed by atoms with Crippen LogP contribution in [0.3, 0.4) is 0 Å². The van der Waals surface area contributed by atoms with Crippen LogP contribution in [0, 0.1) is 0 Å². The summed E-state index contributed by atoms with van der Waals surface area (Å²) in [4.78, 5) is 26.5. The first-order valence-electron chi connectivity index (χ1n) is 7.40. The average Bonchev–Trinajstić information content (AvgIpc) is 2.49. The fourth-order valence-corrected chi connectivity index (χ4v) is 2.23. The summed E-state index contributed by atoms with van der Waals surface area (Å²) < 4.78 is 0. The molecule has 1 amide bonds. The molecule has 5 nitrogen and oxygen atoms in total. The summed E-state index contributed by atoms with van der Waals surface area (Å²) in [7, 11) is 0. The van der Waals surface area contributed by atoms with Crippen molar-refractivity contribution in [1.82, 2.24) is 0 Å². The fourth-order valence-electron chi connectivity index (χ4n) is 2.23. The molecule has 116 valence electrons. The Labute approximate surface area is 126 Å². The van der Waals surface area contributed by atoms with E-state index in [4.69, 9.17) is 5.11 Å². The van der Waals surface area contributed by atoms with E-state index in [0.29, 0.717) is 6.42 Å².